The van der Waals surface area contributed by atoms with Crippen LogP contribution in [0.2, 0.25) is 5.02 Å². The number of furan rings is 1. The zero-order valence-corrected chi connectivity index (χ0v) is 16.9. The normalized spacial score (nSPS) is 16.0. The molecule has 0 spiro atoms. The number of hydrogen-bond donors (Lipinski definition) is 1. The Balaban J connectivity index is 1.73. The van der Waals surface area contributed by atoms with E-state index in [-0.39, 0.29) is 0 Å². The van der Waals surface area contributed by atoms with Gasteiger partial charge in [0.1, 0.15) is 5.76 Å². The highest BCUT2D eigenvalue weighted by Crippen LogP contribution is 2.25. The minimum Gasteiger partial charge on any atom is -0.467 e. The van der Waals surface area contributed by atoms with E-state index in [1.807, 2.05) is 36.4 Å². The van der Waals surface area contributed by atoms with Crippen molar-refractivity contribution in [3.63, 3.8) is 0 Å². The van der Waals surface area contributed by atoms with Crippen molar-refractivity contribution in [3.05, 3.63) is 53.4 Å². The van der Waals surface area contributed by atoms with Gasteiger partial charge in [-0.2, -0.15) is 0 Å². The minimum absolute atomic E-state index is 0.387. The molecule has 4 nitrogen and oxygen atoms in total. The van der Waals surface area contributed by atoms with Crippen molar-refractivity contribution in [3.8, 4) is 0 Å². The van der Waals surface area contributed by atoms with Crippen molar-refractivity contribution in [2.24, 2.45) is 0 Å². The van der Waals surface area contributed by atoms with Gasteiger partial charge in [0.25, 0.3) is 0 Å². The Bertz CT molecular complexity index is 712. The van der Waals surface area contributed by atoms with Crippen molar-refractivity contribution in [2.75, 3.05) is 18.4 Å². The van der Waals surface area contributed by atoms with Gasteiger partial charge in [-0.15, -0.1) is 0 Å². The van der Waals surface area contributed by atoms with Crippen LogP contribution >= 0.6 is 23.8 Å². The molecule has 1 saturated heterocycles. The van der Waals surface area contributed by atoms with Crippen LogP contribution in [0.25, 0.3) is 0 Å². The van der Waals surface area contributed by atoms with Crippen LogP contribution in [0.5, 0.6) is 0 Å². The molecule has 0 atom stereocenters. The molecule has 26 heavy (non-hydrogen) atoms. The highest BCUT2D eigenvalue weighted by Gasteiger charge is 2.28. The van der Waals surface area contributed by atoms with Gasteiger partial charge in [-0.05, 0) is 63.2 Å². The number of piperidine rings is 1. The maximum absolute atomic E-state index is 6.29. The molecule has 0 radical (unpaired) electrons. The van der Waals surface area contributed by atoms with Gasteiger partial charge >= 0.3 is 0 Å². The summed E-state index contributed by atoms with van der Waals surface area (Å²) < 4.78 is 5.57. The first-order valence-electron chi connectivity index (χ1n) is 9.13. The number of para-hydroxylation sites is 1. The molecule has 0 amide bonds. The van der Waals surface area contributed by atoms with Crippen molar-refractivity contribution < 1.29 is 4.42 Å². The predicted molar refractivity (Wildman–Crippen MR) is 112 cm³/mol. The smallest absolute Gasteiger partial charge is 0.174 e. The largest absolute Gasteiger partial charge is 0.467 e. The third kappa shape index (κ3) is 4.78. The van der Waals surface area contributed by atoms with Crippen LogP contribution in [0.3, 0.4) is 0 Å². The summed E-state index contributed by atoms with van der Waals surface area (Å²) in [5.41, 5.74) is 0.836. The number of hydrogen-bond acceptors (Lipinski definition) is 3. The number of anilines is 1. The fourth-order valence-electron chi connectivity index (χ4n) is 3.40. The van der Waals surface area contributed by atoms with E-state index in [1.165, 1.54) is 0 Å². The lowest BCUT2D eigenvalue weighted by atomic mass is 10.0. The number of nitrogens with one attached hydrogen (secondary N) is 1. The van der Waals surface area contributed by atoms with Crippen LogP contribution in [-0.2, 0) is 6.54 Å². The van der Waals surface area contributed by atoms with E-state index in [2.05, 4.69) is 29.0 Å². The Morgan fingerprint density at radius 3 is 2.62 bits per heavy atom. The monoisotopic (exact) mass is 391 g/mol. The molecule has 1 aromatic heterocycles. The van der Waals surface area contributed by atoms with Gasteiger partial charge in [0.05, 0.1) is 23.5 Å². The molecule has 140 valence electrons. The second kappa shape index (κ2) is 8.89. The van der Waals surface area contributed by atoms with Crippen molar-refractivity contribution in [2.45, 2.75) is 45.3 Å². The first-order valence-corrected chi connectivity index (χ1v) is 9.92. The molecular formula is C20H26ClN3OS. The molecule has 3 rings (SSSR count). The van der Waals surface area contributed by atoms with E-state index in [1.54, 1.807) is 6.26 Å². The van der Waals surface area contributed by atoms with Crippen LogP contribution in [0.15, 0.2) is 47.1 Å². The summed E-state index contributed by atoms with van der Waals surface area (Å²) in [6, 6.07) is 12.6. The first kappa shape index (κ1) is 19.2. The second-order valence-corrected chi connectivity index (χ2v) is 7.77. The maximum atomic E-state index is 6.29. The molecular weight excluding hydrogens is 366 g/mol. The van der Waals surface area contributed by atoms with Crippen LogP contribution in [0, 0.1) is 0 Å². The molecule has 6 heteroatoms. The average Bonchev–Trinajstić information content (AvgIpc) is 3.15. The molecule has 1 fully saturated rings. The summed E-state index contributed by atoms with van der Waals surface area (Å²) in [5.74, 6) is 0.916. The van der Waals surface area contributed by atoms with E-state index in [0.717, 1.165) is 37.4 Å². The van der Waals surface area contributed by atoms with Gasteiger partial charge in [-0.3, -0.25) is 0 Å². The maximum Gasteiger partial charge on any atom is 0.174 e. The molecule has 1 aliphatic heterocycles. The fraction of sp³-hybridized carbons (Fsp3) is 0.450. The van der Waals surface area contributed by atoms with Gasteiger partial charge in [0, 0.05) is 25.2 Å². The first-order chi connectivity index (χ1) is 12.5. The SMILES string of the molecule is CC(C)N1CCC(N(Cc2ccco2)C(=S)Nc2ccccc2Cl)CC1. The van der Waals surface area contributed by atoms with Gasteiger partial charge in [-0.25, -0.2) is 0 Å². The summed E-state index contributed by atoms with van der Waals surface area (Å²) in [6.07, 6.45) is 3.88. The molecule has 2 heterocycles. The Labute approximate surface area is 166 Å². The van der Waals surface area contributed by atoms with Crippen LogP contribution in [-0.4, -0.2) is 40.1 Å². The van der Waals surface area contributed by atoms with Crippen molar-refractivity contribution in [1.29, 1.82) is 0 Å². The summed E-state index contributed by atoms with van der Waals surface area (Å²) in [4.78, 5) is 4.77. The second-order valence-electron chi connectivity index (χ2n) is 6.98. The zero-order chi connectivity index (χ0) is 18.5. The lowest BCUT2D eigenvalue weighted by Crippen LogP contribution is -2.49. The Morgan fingerprint density at radius 1 is 1.27 bits per heavy atom. The van der Waals surface area contributed by atoms with Crippen molar-refractivity contribution >= 4 is 34.6 Å². The highest BCUT2D eigenvalue weighted by atomic mass is 35.5. The number of likely N-dealkylation sites (tertiary alicyclic amines) is 1. The number of thiocarbonyl (C=S) groups is 1. The predicted octanol–water partition coefficient (Wildman–Crippen LogP) is 5.00. The molecule has 0 saturated carbocycles. The Kier molecular flexibility index (Phi) is 6.57. The van der Waals surface area contributed by atoms with Gasteiger partial charge < -0.3 is 19.5 Å². The molecule has 0 aliphatic carbocycles. The zero-order valence-electron chi connectivity index (χ0n) is 15.3. The Morgan fingerprint density at radius 2 is 2.00 bits per heavy atom. The summed E-state index contributed by atoms with van der Waals surface area (Å²) in [5, 5.41) is 4.69. The number of halogens is 1. The third-order valence-electron chi connectivity index (χ3n) is 4.95. The number of nitrogens with zero attached hydrogens (tertiary/aromatic N) is 2. The van der Waals surface area contributed by atoms with Crippen LogP contribution in [0.4, 0.5) is 5.69 Å². The quantitative estimate of drug-likeness (QED) is 0.724. The molecule has 2 aromatic rings. The van der Waals surface area contributed by atoms with E-state index >= 15 is 0 Å². The molecule has 1 aromatic carbocycles. The minimum atomic E-state index is 0.387. The summed E-state index contributed by atoms with van der Waals surface area (Å²) in [6.45, 7) is 7.35. The van der Waals surface area contributed by atoms with Gasteiger partial charge in [0.2, 0.25) is 0 Å². The van der Waals surface area contributed by atoms with Crippen LogP contribution < -0.4 is 5.32 Å². The lowest BCUT2D eigenvalue weighted by molar-refractivity contribution is 0.123. The number of rotatable bonds is 5. The Hall–Kier alpha value is -1.56. The standard InChI is InChI=1S/C20H26ClN3OS/c1-15(2)23-11-9-16(10-12-23)24(14-17-6-5-13-25-17)20(26)22-19-8-4-3-7-18(19)21/h3-8,13,15-16H,9-12,14H2,1-2H3,(H,22,26). The van der Waals surface area contributed by atoms with E-state index in [0.29, 0.717) is 28.8 Å². The topological polar surface area (TPSA) is 31.6 Å². The molecule has 0 unspecified atom stereocenters. The van der Waals surface area contributed by atoms with E-state index < -0.39 is 0 Å². The van der Waals surface area contributed by atoms with Crippen molar-refractivity contribution in [1.82, 2.24) is 9.80 Å². The highest BCUT2D eigenvalue weighted by molar-refractivity contribution is 7.80. The summed E-state index contributed by atoms with van der Waals surface area (Å²) in [7, 11) is 0. The average molecular weight is 392 g/mol. The van der Waals surface area contributed by atoms with E-state index in [9.17, 15) is 0 Å². The van der Waals surface area contributed by atoms with Gasteiger partial charge in [0.15, 0.2) is 5.11 Å². The molecule has 1 aliphatic rings. The fourth-order valence-corrected chi connectivity index (χ4v) is 3.91. The number of benzene rings is 1. The summed E-state index contributed by atoms with van der Waals surface area (Å²) >= 11 is 12.0. The lowest BCUT2D eigenvalue weighted by Gasteiger charge is -2.40. The third-order valence-corrected chi connectivity index (χ3v) is 5.62. The molecule has 1 N–H and O–H groups in total. The van der Waals surface area contributed by atoms with Crippen LogP contribution in [0.1, 0.15) is 32.4 Å². The van der Waals surface area contributed by atoms with Gasteiger partial charge in [-0.1, -0.05) is 23.7 Å². The molecule has 0 bridgehead atoms. The van der Waals surface area contributed by atoms with E-state index in [4.69, 9.17) is 28.2 Å².